The molecule has 3 rings (SSSR count). The number of rotatable bonds is 2. The van der Waals surface area contributed by atoms with Crippen molar-refractivity contribution in [3.05, 3.63) is 18.3 Å². The van der Waals surface area contributed by atoms with E-state index < -0.39 is 0 Å². The highest BCUT2D eigenvalue weighted by molar-refractivity contribution is 5.73. The van der Waals surface area contributed by atoms with E-state index in [4.69, 9.17) is 10.3 Å². The second kappa shape index (κ2) is 3.75. The molecule has 0 saturated carbocycles. The predicted octanol–water partition coefficient (Wildman–Crippen LogP) is 1.01. The molecule has 0 aromatic carbocycles. The first-order valence-electron chi connectivity index (χ1n) is 5.53. The van der Waals surface area contributed by atoms with E-state index in [2.05, 4.69) is 15.0 Å². The fourth-order valence-electron chi connectivity index (χ4n) is 2.16. The Bertz CT molecular complexity index is 495. The van der Waals surface area contributed by atoms with E-state index in [-0.39, 0.29) is 0 Å². The zero-order valence-corrected chi connectivity index (χ0v) is 8.97. The summed E-state index contributed by atoms with van der Waals surface area (Å²) in [6, 6.07) is 4.00. The topological polar surface area (TPSA) is 68.2 Å². The SMILES string of the molecule is NCC1CCN(c2ccc3cnoc3n2)C1. The Morgan fingerprint density at radius 2 is 2.44 bits per heavy atom. The van der Waals surface area contributed by atoms with E-state index in [1.54, 1.807) is 6.20 Å². The maximum Gasteiger partial charge on any atom is 0.259 e. The molecule has 0 aliphatic carbocycles. The van der Waals surface area contributed by atoms with Gasteiger partial charge < -0.3 is 15.2 Å². The van der Waals surface area contributed by atoms with Crippen molar-refractivity contribution in [1.29, 1.82) is 0 Å². The number of nitrogens with zero attached hydrogens (tertiary/aromatic N) is 3. The minimum Gasteiger partial charge on any atom is -0.356 e. The van der Waals surface area contributed by atoms with Crippen molar-refractivity contribution < 1.29 is 4.52 Å². The smallest absolute Gasteiger partial charge is 0.259 e. The van der Waals surface area contributed by atoms with Crippen LogP contribution in [0, 0.1) is 5.92 Å². The lowest BCUT2D eigenvalue weighted by atomic mass is 10.1. The van der Waals surface area contributed by atoms with Gasteiger partial charge in [-0.05, 0) is 31.0 Å². The summed E-state index contributed by atoms with van der Waals surface area (Å²) < 4.78 is 5.06. The van der Waals surface area contributed by atoms with Crippen LogP contribution >= 0.6 is 0 Å². The third-order valence-corrected chi connectivity index (χ3v) is 3.15. The fraction of sp³-hybridized carbons (Fsp3) is 0.455. The first-order chi connectivity index (χ1) is 7.86. The molecule has 1 aliphatic heterocycles. The molecule has 1 atom stereocenters. The second-order valence-electron chi connectivity index (χ2n) is 4.23. The lowest BCUT2D eigenvalue weighted by Gasteiger charge is -2.16. The van der Waals surface area contributed by atoms with Crippen LogP contribution in [0.3, 0.4) is 0 Å². The molecule has 1 unspecified atom stereocenters. The standard InChI is InChI=1S/C11H14N4O/c12-5-8-3-4-15(7-8)10-2-1-9-6-13-16-11(9)14-10/h1-2,6,8H,3-5,7,12H2. The minimum atomic E-state index is 0.590. The minimum absolute atomic E-state index is 0.590. The number of pyridine rings is 1. The summed E-state index contributed by atoms with van der Waals surface area (Å²) in [6.07, 6.45) is 2.82. The molecule has 3 heterocycles. The van der Waals surface area contributed by atoms with Gasteiger partial charge in [-0.3, -0.25) is 0 Å². The molecular weight excluding hydrogens is 204 g/mol. The normalized spacial score (nSPS) is 20.8. The molecule has 0 spiro atoms. The average Bonchev–Trinajstić information content (AvgIpc) is 2.96. The van der Waals surface area contributed by atoms with Gasteiger partial charge in [0.25, 0.3) is 5.71 Å². The zero-order chi connectivity index (χ0) is 11.0. The van der Waals surface area contributed by atoms with Crippen molar-refractivity contribution in [1.82, 2.24) is 10.1 Å². The molecule has 1 aliphatic rings. The number of aromatic nitrogens is 2. The number of fused-ring (bicyclic) bond motifs is 1. The lowest BCUT2D eigenvalue weighted by Crippen LogP contribution is -2.23. The van der Waals surface area contributed by atoms with Gasteiger partial charge in [0.15, 0.2) is 0 Å². The van der Waals surface area contributed by atoms with Crippen LogP contribution in [-0.2, 0) is 0 Å². The summed E-state index contributed by atoms with van der Waals surface area (Å²) in [6.45, 7) is 2.76. The third kappa shape index (κ3) is 1.53. The highest BCUT2D eigenvalue weighted by Crippen LogP contribution is 2.23. The molecule has 5 heteroatoms. The number of hydrogen-bond acceptors (Lipinski definition) is 5. The molecule has 0 radical (unpaired) electrons. The number of nitrogens with two attached hydrogens (primary N) is 1. The summed E-state index contributed by atoms with van der Waals surface area (Å²) >= 11 is 0. The van der Waals surface area contributed by atoms with E-state index in [1.807, 2.05) is 12.1 Å². The van der Waals surface area contributed by atoms with E-state index in [0.29, 0.717) is 11.6 Å². The van der Waals surface area contributed by atoms with Gasteiger partial charge in [-0.2, -0.15) is 4.98 Å². The van der Waals surface area contributed by atoms with Crippen LogP contribution in [0.1, 0.15) is 6.42 Å². The largest absolute Gasteiger partial charge is 0.356 e. The average molecular weight is 218 g/mol. The summed E-state index contributed by atoms with van der Waals surface area (Å²) in [4.78, 5) is 6.69. The molecule has 1 fully saturated rings. The Hall–Kier alpha value is -1.62. The van der Waals surface area contributed by atoms with Gasteiger partial charge in [0.05, 0.1) is 11.6 Å². The molecule has 2 N–H and O–H groups in total. The number of anilines is 1. The van der Waals surface area contributed by atoms with Crippen molar-refractivity contribution in [2.75, 3.05) is 24.5 Å². The second-order valence-corrected chi connectivity index (χ2v) is 4.23. The summed E-state index contributed by atoms with van der Waals surface area (Å²) in [5.41, 5.74) is 6.28. The summed E-state index contributed by atoms with van der Waals surface area (Å²) in [5.74, 6) is 1.55. The van der Waals surface area contributed by atoms with Gasteiger partial charge >= 0.3 is 0 Å². The molecule has 16 heavy (non-hydrogen) atoms. The highest BCUT2D eigenvalue weighted by atomic mass is 16.5. The van der Waals surface area contributed by atoms with Gasteiger partial charge in [-0.15, -0.1) is 0 Å². The van der Waals surface area contributed by atoms with Gasteiger partial charge in [-0.25, -0.2) is 0 Å². The fourth-order valence-corrected chi connectivity index (χ4v) is 2.16. The van der Waals surface area contributed by atoms with Crippen LogP contribution in [-0.4, -0.2) is 29.8 Å². The molecule has 5 nitrogen and oxygen atoms in total. The third-order valence-electron chi connectivity index (χ3n) is 3.15. The Morgan fingerprint density at radius 1 is 1.50 bits per heavy atom. The van der Waals surface area contributed by atoms with Gasteiger partial charge in [-0.1, -0.05) is 5.16 Å². The Kier molecular flexibility index (Phi) is 2.25. The van der Waals surface area contributed by atoms with Gasteiger partial charge in [0.1, 0.15) is 5.82 Å². The van der Waals surface area contributed by atoms with Crippen LogP contribution in [0.5, 0.6) is 0 Å². The number of hydrogen-bond donors (Lipinski definition) is 1. The molecule has 0 bridgehead atoms. The summed E-state index contributed by atoms with van der Waals surface area (Å²) in [5, 5.41) is 4.67. The molecule has 0 amide bonds. The Labute approximate surface area is 93.2 Å². The van der Waals surface area contributed by atoms with Crippen LogP contribution < -0.4 is 10.6 Å². The van der Waals surface area contributed by atoms with Crippen molar-refractivity contribution in [2.24, 2.45) is 11.7 Å². The summed E-state index contributed by atoms with van der Waals surface area (Å²) in [7, 11) is 0. The van der Waals surface area contributed by atoms with E-state index in [0.717, 1.165) is 37.3 Å². The van der Waals surface area contributed by atoms with E-state index in [1.165, 1.54) is 0 Å². The van der Waals surface area contributed by atoms with Crippen molar-refractivity contribution in [2.45, 2.75) is 6.42 Å². The van der Waals surface area contributed by atoms with E-state index >= 15 is 0 Å². The van der Waals surface area contributed by atoms with Crippen molar-refractivity contribution in [3.8, 4) is 0 Å². The molecule has 84 valence electrons. The molecule has 2 aromatic rings. The Morgan fingerprint density at radius 3 is 3.25 bits per heavy atom. The predicted molar refractivity (Wildman–Crippen MR) is 61.2 cm³/mol. The quantitative estimate of drug-likeness (QED) is 0.814. The maximum atomic E-state index is 5.67. The monoisotopic (exact) mass is 218 g/mol. The Balaban J connectivity index is 1.88. The van der Waals surface area contributed by atoms with E-state index in [9.17, 15) is 0 Å². The highest BCUT2D eigenvalue weighted by Gasteiger charge is 2.22. The first-order valence-corrected chi connectivity index (χ1v) is 5.53. The van der Waals surface area contributed by atoms with Crippen LogP contribution in [0.2, 0.25) is 0 Å². The van der Waals surface area contributed by atoms with Crippen LogP contribution in [0.4, 0.5) is 5.82 Å². The van der Waals surface area contributed by atoms with Gasteiger partial charge in [0, 0.05) is 13.1 Å². The van der Waals surface area contributed by atoms with Crippen molar-refractivity contribution >= 4 is 16.9 Å². The van der Waals surface area contributed by atoms with Crippen LogP contribution in [0.15, 0.2) is 22.9 Å². The molecular formula is C11H14N4O. The lowest BCUT2D eigenvalue weighted by molar-refractivity contribution is 0.448. The molecule has 1 saturated heterocycles. The zero-order valence-electron chi connectivity index (χ0n) is 8.97. The van der Waals surface area contributed by atoms with Crippen molar-refractivity contribution in [3.63, 3.8) is 0 Å². The maximum absolute atomic E-state index is 5.67. The first kappa shape index (κ1) is 9.59. The van der Waals surface area contributed by atoms with Crippen LogP contribution in [0.25, 0.3) is 11.1 Å². The van der Waals surface area contributed by atoms with Gasteiger partial charge in [0.2, 0.25) is 0 Å². The molecule has 2 aromatic heterocycles.